The molecule has 5 rings (SSSR count). The van der Waals surface area contributed by atoms with E-state index < -0.39 is 5.60 Å². The molecule has 8 heteroatoms. The first-order valence-corrected chi connectivity index (χ1v) is 8.20. The molecule has 1 aliphatic rings. The van der Waals surface area contributed by atoms with Crippen LogP contribution in [0.1, 0.15) is 19.8 Å². The molecule has 126 valence electrons. The Bertz CT molecular complexity index is 1070. The smallest absolute Gasteiger partial charge is 0.224 e. The average molecular weight is 335 g/mol. The molecule has 3 N–H and O–H groups in total. The predicted octanol–water partition coefficient (Wildman–Crippen LogP) is 1.99. The Morgan fingerprint density at radius 1 is 1.32 bits per heavy atom. The van der Waals surface area contributed by atoms with Crippen LogP contribution >= 0.6 is 0 Å². The van der Waals surface area contributed by atoms with Gasteiger partial charge in [0.2, 0.25) is 5.95 Å². The van der Waals surface area contributed by atoms with Gasteiger partial charge in [0.25, 0.3) is 0 Å². The van der Waals surface area contributed by atoms with Gasteiger partial charge < -0.3 is 15.4 Å². The number of rotatable bonds is 3. The largest absolute Gasteiger partial charge is 0.390 e. The predicted molar refractivity (Wildman–Crippen MR) is 93.1 cm³/mol. The Kier molecular flexibility index (Phi) is 2.87. The van der Waals surface area contributed by atoms with Crippen LogP contribution in [-0.2, 0) is 0 Å². The normalized spacial score (nSPS) is 23.0. The van der Waals surface area contributed by atoms with Crippen LogP contribution in [0.5, 0.6) is 0 Å². The molecule has 25 heavy (non-hydrogen) atoms. The lowest BCUT2D eigenvalue weighted by atomic mass is 9.77. The molecule has 0 aliphatic heterocycles. The Morgan fingerprint density at radius 3 is 3.04 bits per heavy atom. The highest BCUT2D eigenvalue weighted by atomic mass is 16.3. The fourth-order valence-electron chi connectivity index (χ4n) is 3.48. The third kappa shape index (κ3) is 2.42. The van der Waals surface area contributed by atoms with Crippen molar-refractivity contribution in [1.29, 1.82) is 0 Å². The van der Waals surface area contributed by atoms with Crippen LogP contribution < -0.4 is 5.32 Å². The summed E-state index contributed by atoms with van der Waals surface area (Å²) in [5, 5.41) is 18.2. The number of aliphatic hydroxyl groups is 1. The number of nitrogens with one attached hydrogen (secondary N) is 2. The van der Waals surface area contributed by atoms with Gasteiger partial charge in [0.05, 0.1) is 5.60 Å². The minimum atomic E-state index is -0.568. The maximum absolute atomic E-state index is 9.82. The van der Waals surface area contributed by atoms with Gasteiger partial charge in [-0.15, -0.1) is 0 Å². The van der Waals surface area contributed by atoms with E-state index in [2.05, 4.69) is 30.4 Å². The standard InChI is InChI=1S/C17H17N7O/c1-17(25)4-11(5-17)22-16-19-7-13-12(6-18-15(13)23-16)10-2-3-14-20-9-21-24(14)8-10/h2-3,6-9,11,25H,4-5H2,1H3,(H2,18,19,22,23)/t11-,17+. The van der Waals surface area contributed by atoms with Crippen LogP contribution in [0.3, 0.4) is 0 Å². The maximum atomic E-state index is 9.82. The summed E-state index contributed by atoms with van der Waals surface area (Å²) in [7, 11) is 0. The minimum Gasteiger partial charge on any atom is -0.390 e. The van der Waals surface area contributed by atoms with Crippen molar-refractivity contribution in [2.45, 2.75) is 31.4 Å². The number of aromatic amines is 1. The van der Waals surface area contributed by atoms with Gasteiger partial charge in [0, 0.05) is 41.1 Å². The zero-order valence-electron chi connectivity index (χ0n) is 13.6. The van der Waals surface area contributed by atoms with E-state index in [0.29, 0.717) is 18.8 Å². The highest BCUT2D eigenvalue weighted by molar-refractivity contribution is 5.93. The summed E-state index contributed by atoms with van der Waals surface area (Å²) in [4.78, 5) is 16.3. The number of pyridine rings is 1. The number of hydrogen-bond acceptors (Lipinski definition) is 6. The van der Waals surface area contributed by atoms with E-state index in [1.54, 1.807) is 4.52 Å². The number of hydrogen-bond donors (Lipinski definition) is 3. The Labute approximate surface area is 143 Å². The minimum absolute atomic E-state index is 0.219. The average Bonchev–Trinajstić information content (AvgIpc) is 3.18. The number of H-pyrrole nitrogens is 1. The van der Waals surface area contributed by atoms with E-state index in [0.717, 1.165) is 27.8 Å². The van der Waals surface area contributed by atoms with Crippen LogP contribution in [0.4, 0.5) is 5.95 Å². The topological polar surface area (TPSA) is 104 Å². The lowest BCUT2D eigenvalue weighted by molar-refractivity contribution is -0.0235. The van der Waals surface area contributed by atoms with Crippen LogP contribution in [0.2, 0.25) is 0 Å². The van der Waals surface area contributed by atoms with Crippen LogP contribution in [0, 0.1) is 0 Å². The van der Waals surface area contributed by atoms with Crippen molar-refractivity contribution in [3.05, 3.63) is 37.1 Å². The third-order valence-electron chi connectivity index (χ3n) is 4.72. The van der Waals surface area contributed by atoms with Crippen LogP contribution in [0.15, 0.2) is 37.1 Å². The summed E-state index contributed by atoms with van der Waals surface area (Å²) in [6, 6.07) is 4.16. The summed E-state index contributed by atoms with van der Waals surface area (Å²) in [5.74, 6) is 0.577. The van der Waals surface area contributed by atoms with E-state index in [1.165, 1.54) is 6.33 Å². The fraction of sp³-hybridized carbons (Fsp3) is 0.294. The van der Waals surface area contributed by atoms with Gasteiger partial charge in [-0.2, -0.15) is 10.1 Å². The molecule has 0 unspecified atom stereocenters. The molecule has 1 saturated carbocycles. The molecule has 8 nitrogen and oxygen atoms in total. The van der Waals surface area contributed by atoms with E-state index in [9.17, 15) is 5.11 Å². The second-order valence-corrected chi connectivity index (χ2v) is 6.89. The monoisotopic (exact) mass is 335 g/mol. The van der Waals surface area contributed by atoms with Crippen molar-refractivity contribution in [2.24, 2.45) is 0 Å². The summed E-state index contributed by atoms with van der Waals surface area (Å²) in [5.41, 5.74) is 3.05. The van der Waals surface area contributed by atoms with Crippen molar-refractivity contribution >= 4 is 22.6 Å². The van der Waals surface area contributed by atoms with E-state index in [-0.39, 0.29) is 6.04 Å². The third-order valence-corrected chi connectivity index (χ3v) is 4.72. The Morgan fingerprint density at radius 2 is 2.20 bits per heavy atom. The fourth-order valence-corrected chi connectivity index (χ4v) is 3.48. The first-order chi connectivity index (χ1) is 12.1. The molecule has 1 aliphatic carbocycles. The molecule has 4 aromatic heterocycles. The maximum Gasteiger partial charge on any atom is 0.224 e. The van der Waals surface area contributed by atoms with Crippen LogP contribution in [-0.4, -0.2) is 46.3 Å². The van der Waals surface area contributed by atoms with Crippen molar-refractivity contribution in [1.82, 2.24) is 29.5 Å². The number of fused-ring (bicyclic) bond motifs is 2. The summed E-state index contributed by atoms with van der Waals surface area (Å²) >= 11 is 0. The molecule has 0 saturated heterocycles. The zero-order chi connectivity index (χ0) is 17.0. The van der Waals surface area contributed by atoms with Crippen molar-refractivity contribution < 1.29 is 5.11 Å². The van der Waals surface area contributed by atoms with Crippen LogP contribution in [0.25, 0.3) is 27.8 Å². The molecule has 1 fully saturated rings. The zero-order valence-corrected chi connectivity index (χ0v) is 13.6. The van der Waals surface area contributed by atoms with Gasteiger partial charge in [-0.3, -0.25) is 0 Å². The molecule has 0 amide bonds. The van der Waals surface area contributed by atoms with E-state index in [1.807, 2.05) is 37.6 Å². The van der Waals surface area contributed by atoms with Gasteiger partial charge in [-0.05, 0) is 31.9 Å². The molecule has 0 bridgehead atoms. The molecule has 0 aromatic carbocycles. The first-order valence-electron chi connectivity index (χ1n) is 8.20. The molecule has 4 aromatic rings. The Hall–Kier alpha value is -3.00. The van der Waals surface area contributed by atoms with Gasteiger partial charge in [-0.1, -0.05) is 0 Å². The van der Waals surface area contributed by atoms with Gasteiger partial charge >= 0.3 is 0 Å². The SMILES string of the molecule is C[C@]1(O)C[C@@H](Nc2ncc3c(-c4ccc5ncnn5c4)c[nH]c3n2)C1. The van der Waals surface area contributed by atoms with Gasteiger partial charge in [-0.25, -0.2) is 14.5 Å². The lowest BCUT2D eigenvalue weighted by Crippen LogP contribution is -2.48. The number of anilines is 1. The Balaban J connectivity index is 1.46. The summed E-state index contributed by atoms with van der Waals surface area (Å²) in [6.07, 6.45) is 8.64. The number of nitrogens with zero attached hydrogens (tertiary/aromatic N) is 5. The van der Waals surface area contributed by atoms with Crippen molar-refractivity contribution in [2.75, 3.05) is 5.32 Å². The highest BCUT2D eigenvalue weighted by Crippen LogP contribution is 2.33. The molecular formula is C17H17N7O. The molecule has 4 heterocycles. The van der Waals surface area contributed by atoms with Gasteiger partial charge in [0.15, 0.2) is 5.65 Å². The lowest BCUT2D eigenvalue weighted by Gasteiger charge is -2.41. The molecular weight excluding hydrogens is 318 g/mol. The molecule has 0 atom stereocenters. The second-order valence-electron chi connectivity index (χ2n) is 6.89. The second kappa shape index (κ2) is 5.00. The molecule has 0 spiro atoms. The van der Waals surface area contributed by atoms with Crippen molar-refractivity contribution in [3.63, 3.8) is 0 Å². The first kappa shape index (κ1) is 14.4. The van der Waals surface area contributed by atoms with E-state index >= 15 is 0 Å². The number of aromatic nitrogens is 6. The quantitative estimate of drug-likeness (QED) is 0.529. The highest BCUT2D eigenvalue weighted by Gasteiger charge is 2.38. The summed E-state index contributed by atoms with van der Waals surface area (Å²) in [6.45, 7) is 1.85. The van der Waals surface area contributed by atoms with Crippen molar-refractivity contribution in [3.8, 4) is 11.1 Å². The molecule has 0 radical (unpaired) electrons. The van der Waals surface area contributed by atoms with E-state index in [4.69, 9.17) is 0 Å². The summed E-state index contributed by atoms with van der Waals surface area (Å²) < 4.78 is 1.74. The van der Waals surface area contributed by atoms with Gasteiger partial charge in [0.1, 0.15) is 12.0 Å².